The van der Waals surface area contributed by atoms with Crippen LogP contribution in [0.25, 0.3) is 11.4 Å². The first-order chi connectivity index (χ1) is 19.1. The number of benzene rings is 1. The summed E-state index contributed by atoms with van der Waals surface area (Å²) in [5.74, 6) is -2.98. The minimum atomic E-state index is -2.85. The smallest absolute Gasteiger partial charge is 0.261 e. The molecule has 2 fully saturated rings. The van der Waals surface area contributed by atoms with E-state index < -0.39 is 23.2 Å². The number of anilines is 2. The minimum absolute atomic E-state index is 0.0677. The van der Waals surface area contributed by atoms with Crippen LogP contribution in [0.15, 0.2) is 41.8 Å². The fourth-order valence-corrected chi connectivity index (χ4v) is 6.19. The number of pyridine rings is 1. The van der Waals surface area contributed by atoms with Gasteiger partial charge in [-0.1, -0.05) is 12.1 Å². The van der Waals surface area contributed by atoms with Crippen molar-refractivity contribution >= 4 is 34.1 Å². The second kappa shape index (κ2) is 10.2. The van der Waals surface area contributed by atoms with Gasteiger partial charge in [-0.3, -0.25) is 9.59 Å². The maximum Gasteiger partial charge on any atom is 0.261 e. The highest BCUT2D eigenvalue weighted by Crippen LogP contribution is 2.63. The van der Waals surface area contributed by atoms with Crippen molar-refractivity contribution in [1.29, 1.82) is 0 Å². The Hall–Kier alpha value is -3.48. The molecule has 2 amide bonds. The number of carbonyl (C=O) groups excluding carboxylic acids is 2. The van der Waals surface area contributed by atoms with Gasteiger partial charge in [0.2, 0.25) is 5.91 Å². The van der Waals surface area contributed by atoms with Gasteiger partial charge in [0.25, 0.3) is 11.8 Å². The van der Waals surface area contributed by atoms with E-state index in [1.54, 1.807) is 12.1 Å². The van der Waals surface area contributed by atoms with E-state index in [9.17, 15) is 18.4 Å². The number of nitrogens with one attached hydrogen (secondary N) is 2. The molecule has 9 nitrogen and oxygen atoms in total. The Kier molecular flexibility index (Phi) is 6.79. The van der Waals surface area contributed by atoms with Crippen LogP contribution in [0.1, 0.15) is 41.8 Å². The van der Waals surface area contributed by atoms with Gasteiger partial charge in [-0.15, -0.1) is 11.3 Å². The molecule has 6 rings (SSSR count). The maximum atomic E-state index is 14.1. The lowest BCUT2D eigenvalue weighted by molar-refractivity contribution is -0.115. The molecule has 2 N–H and O–H groups in total. The number of halogens is 2. The minimum Gasteiger partial charge on any atom is -0.376 e. The number of amides is 2. The monoisotopic (exact) mass is 569 g/mol. The highest BCUT2D eigenvalue weighted by molar-refractivity contribution is 7.14. The van der Waals surface area contributed by atoms with E-state index in [2.05, 4.69) is 20.5 Å². The zero-order valence-electron chi connectivity index (χ0n) is 22.1. The Morgan fingerprint density at radius 1 is 1.12 bits per heavy atom. The molecular formula is C28H29F2N5O4S. The third-order valence-electron chi connectivity index (χ3n) is 7.49. The van der Waals surface area contributed by atoms with Gasteiger partial charge >= 0.3 is 0 Å². The molecule has 3 atom stereocenters. The molecule has 0 bridgehead atoms. The number of hydrogen-bond acceptors (Lipinski definition) is 8. The summed E-state index contributed by atoms with van der Waals surface area (Å²) in [4.78, 5) is 36.7. The number of hydrogen-bond donors (Lipinski definition) is 2. The molecule has 1 spiro atoms. The number of rotatable bonds is 6. The number of aromatic nitrogens is 2. The van der Waals surface area contributed by atoms with Crippen molar-refractivity contribution in [2.24, 2.45) is 0 Å². The van der Waals surface area contributed by atoms with Gasteiger partial charge in [0.05, 0.1) is 43.1 Å². The highest BCUT2D eigenvalue weighted by atomic mass is 32.1. The Morgan fingerprint density at radius 2 is 1.90 bits per heavy atom. The second-order valence-corrected chi connectivity index (χ2v) is 11.5. The van der Waals surface area contributed by atoms with Crippen LogP contribution in [0.2, 0.25) is 0 Å². The molecule has 3 aromatic rings. The topological polar surface area (TPSA) is 106 Å². The Morgan fingerprint density at radius 3 is 2.65 bits per heavy atom. The zero-order valence-corrected chi connectivity index (χ0v) is 22.9. The summed E-state index contributed by atoms with van der Waals surface area (Å²) in [7, 11) is 0. The summed E-state index contributed by atoms with van der Waals surface area (Å²) < 4.78 is 39.5. The molecule has 0 radical (unpaired) electrons. The summed E-state index contributed by atoms with van der Waals surface area (Å²) in [6.07, 6.45) is -0.0729. The third kappa shape index (κ3) is 5.06. The van der Waals surface area contributed by atoms with E-state index in [0.29, 0.717) is 27.6 Å². The number of morpholine rings is 1. The second-order valence-electron chi connectivity index (χ2n) is 10.6. The normalized spacial score (nSPS) is 24.9. The van der Waals surface area contributed by atoms with Crippen LogP contribution in [-0.4, -0.2) is 66.2 Å². The number of alkyl halides is 2. The molecule has 4 heterocycles. The molecule has 0 unspecified atom stereocenters. The Labute approximate surface area is 233 Å². The van der Waals surface area contributed by atoms with E-state index in [1.807, 2.05) is 37.4 Å². The van der Waals surface area contributed by atoms with Gasteiger partial charge in [0.1, 0.15) is 11.5 Å². The fourth-order valence-electron chi connectivity index (χ4n) is 5.47. The van der Waals surface area contributed by atoms with Gasteiger partial charge in [-0.05, 0) is 49.2 Å². The molecule has 40 heavy (non-hydrogen) atoms. The van der Waals surface area contributed by atoms with Crippen molar-refractivity contribution in [2.75, 3.05) is 36.5 Å². The van der Waals surface area contributed by atoms with Gasteiger partial charge < -0.3 is 25.0 Å². The molecule has 12 heteroatoms. The summed E-state index contributed by atoms with van der Waals surface area (Å²) in [5, 5.41) is 7.45. The lowest BCUT2D eigenvalue weighted by Gasteiger charge is -2.36. The molecule has 1 saturated carbocycles. The van der Waals surface area contributed by atoms with Crippen LogP contribution >= 0.6 is 11.3 Å². The SMILES string of the molecule is C[C@@H]1CN(c2cccc(-c3csc(NC(=O)CNC(=O)c4ccc5c(c4)[C@@]4(COC5)CC4(F)F)n3)n2)C[C@H](C)O1. The summed E-state index contributed by atoms with van der Waals surface area (Å²) >= 11 is 1.26. The van der Waals surface area contributed by atoms with E-state index in [0.717, 1.165) is 18.9 Å². The largest absolute Gasteiger partial charge is 0.376 e. The van der Waals surface area contributed by atoms with Crippen molar-refractivity contribution in [1.82, 2.24) is 15.3 Å². The first-order valence-electron chi connectivity index (χ1n) is 13.1. The van der Waals surface area contributed by atoms with E-state index in [1.165, 1.54) is 17.4 Å². The number of thiazole rings is 1. The molecule has 1 aromatic carbocycles. The third-order valence-corrected chi connectivity index (χ3v) is 8.25. The average molecular weight is 570 g/mol. The van der Waals surface area contributed by atoms with Crippen molar-refractivity contribution in [2.45, 2.75) is 50.4 Å². The predicted octanol–water partition coefficient (Wildman–Crippen LogP) is 3.99. The molecule has 1 aliphatic carbocycles. The van der Waals surface area contributed by atoms with Crippen LogP contribution in [0.4, 0.5) is 19.7 Å². The molecule has 2 aromatic heterocycles. The Balaban J connectivity index is 1.06. The summed E-state index contributed by atoms with van der Waals surface area (Å²) in [6.45, 7) is 5.45. The Bertz CT molecular complexity index is 1460. The van der Waals surface area contributed by atoms with E-state index in [4.69, 9.17) is 14.5 Å². The van der Waals surface area contributed by atoms with Crippen molar-refractivity contribution < 1.29 is 27.8 Å². The van der Waals surface area contributed by atoms with Crippen LogP contribution in [0.3, 0.4) is 0 Å². The van der Waals surface area contributed by atoms with Crippen LogP contribution in [0, 0.1) is 0 Å². The number of nitrogens with zero attached hydrogens (tertiary/aromatic N) is 3. The molecule has 210 valence electrons. The number of ether oxygens (including phenoxy) is 2. The highest BCUT2D eigenvalue weighted by Gasteiger charge is 2.73. The lowest BCUT2D eigenvalue weighted by Crippen LogP contribution is -2.45. The van der Waals surface area contributed by atoms with E-state index >= 15 is 0 Å². The zero-order chi connectivity index (χ0) is 28.1. The molecule has 3 aliphatic rings. The maximum absolute atomic E-state index is 14.1. The predicted molar refractivity (Wildman–Crippen MR) is 146 cm³/mol. The average Bonchev–Trinajstić information content (AvgIpc) is 3.22. The van der Waals surface area contributed by atoms with Crippen molar-refractivity contribution in [3.8, 4) is 11.4 Å². The van der Waals surface area contributed by atoms with Crippen LogP contribution in [-0.2, 0) is 26.3 Å². The van der Waals surface area contributed by atoms with Crippen molar-refractivity contribution in [3.05, 3.63) is 58.5 Å². The lowest BCUT2D eigenvalue weighted by atomic mass is 9.88. The first-order valence-corrected chi connectivity index (χ1v) is 14.0. The van der Waals surface area contributed by atoms with Crippen LogP contribution < -0.4 is 15.5 Å². The fraction of sp³-hybridized carbons (Fsp3) is 0.429. The van der Waals surface area contributed by atoms with Crippen LogP contribution in [0.5, 0.6) is 0 Å². The molecule has 2 aliphatic heterocycles. The van der Waals surface area contributed by atoms with Gasteiger partial charge in [0, 0.05) is 30.5 Å². The quantitative estimate of drug-likeness (QED) is 0.463. The first kappa shape index (κ1) is 26.7. The van der Waals surface area contributed by atoms with Crippen molar-refractivity contribution in [3.63, 3.8) is 0 Å². The number of fused-ring (bicyclic) bond motifs is 2. The van der Waals surface area contributed by atoms with Gasteiger partial charge in [0.15, 0.2) is 5.13 Å². The standard InChI is InChI=1S/C28H29F2N5O4S/c1-16-10-35(11-17(2)39-16)23-5-3-4-21(32-23)22-13-40-26(33-22)34-24(36)9-31-25(37)18-6-7-19-12-38-15-27(20(19)8-18)14-28(27,29)30/h3-8,13,16-17H,9-12,14-15H2,1-2H3,(H,31,37)(H,33,34,36)/t16-,17+,27-/m0/s1. The summed E-state index contributed by atoms with van der Waals surface area (Å²) in [6, 6.07) is 10.4. The molecule has 1 saturated heterocycles. The van der Waals surface area contributed by atoms with Gasteiger partial charge in [-0.2, -0.15) is 0 Å². The summed E-state index contributed by atoms with van der Waals surface area (Å²) in [5.41, 5.74) is 1.29. The number of carbonyl (C=O) groups is 2. The molecular weight excluding hydrogens is 540 g/mol. The van der Waals surface area contributed by atoms with Gasteiger partial charge in [-0.25, -0.2) is 18.7 Å². The van der Waals surface area contributed by atoms with E-state index in [-0.39, 0.29) is 44.0 Å².